The van der Waals surface area contributed by atoms with E-state index in [0.29, 0.717) is 23.3 Å². The van der Waals surface area contributed by atoms with Crippen molar-refractivity contribution in [2.75, 3.05) is 19.6 Å². The molecule has 8 rings (SSSR count). The highest BCUT2D eigenvalue weighted by molar-refractivity contribution is 5.84. The minimum absolute atomic E-state index is 0.130. The molecular formula is C28H40N2O. The van der Waals surface area contributed by atoms with Crippen LogP contribution in [0.2, 0.25) is 0 Å². The number of carbonyl (C=O) groups is 1. The third kappa shape index (κ3) is 3.29. The average molecular weight is 421 g/mol. The maximum atomic E-state index is 14.1. The highest BCUT2D eigenvalue weighted by Crippen LogP contribution is 2.71. The van der Waals surface area contributed by atoms with Crippen LogP contribution in [0.25, 0.3) is 0 Å². The lowest BCUT2D eigenvalue weighted by atomic mass is 9.37. The number of fused-ring (bicyclic) bond motifs is 3. The molecule has 3 aliphatic heterocycles. The molecule has 2 unspecified atom stereocenters. The minimum Gasteiger partial charge on any atom is -0.351 e. The Balaban J connectivity index is 1.32. The molecule has 168 valence electrons. The molecule has 3 nitrogen and oxygen atoms in total. The zero-order chi connectivity index (χ0) is 21.1. The van der Waals surface area contributed by atoms with Crippen LogP contribution in [0.3, 0.4) is 0 Å². The molecule has 1 aromatic carbocycles. The number of carbonyl (C=O) groups excluding carboxylic acids is 1. The lowest BCUT2D eigenvalue weighted by Gasteiger charge is -2.66. The lowest BCUT2D eigenvalue weighted by Crippen LogP contribution is -2.65. The summed E-state index contributed by atoms with van der Waals surface area (Å²) in [5.74, 6) is 1.86. The van der Waals surface area contributed by atoms with E-state index in [2.05, 4.69) is 47.5 Å². The Kier molecular flexibility index (Phi) is 4.80. The van der Waals surface area contributed by atoms with Crippen molar-refractivity contribution in [1.29, 1.82) is 0 Å². The molecule has 0 aromatic heterocycles. The predicted molar refractivity (Wildman–Crippen MR) is 125 cm³/mol. The van der Waals surface area contributed by atoms with Crippen molar-refractivity contribution in [3.05, 3.63) is 35.9 Å². The number of amides is 1. The number of hydrogen-bond donors (Lipinski definition) is 1. The molecule has 4 aliphatic carbocycles. The van der Waals surface area contributed by atoms with Crippen LogP contribution in [0.15, 0.2) is 30.3 Å². The number of hydrogen-bond acceptors (Lipinski definition) is 2. The van der Waals surface area contributed by atoms with Gasteiger partial charge in [-0.05, 0) is 99.1 Å². The number of piperidine rings is 3. The van der Waals surface area contributed by atoms with Gasteiger partial charge in [-0.3, -0.25) is 4.79 Å². The molecule has 0 spiro atoms. The molecule has 7 aliphatic rings. The first kappa shape index (κ1) is 20.3. The number of rotatable bonds is 6. The highest BCUT2D eigenvalue weighted by atomic mass is 16.2. The van der Waals surface area contributed by atoms with Crippen LogP contribution in [0.5, 0.6) is 0 Å². The quantitative estimate of drug-likeness (QED) is 0.678. The lowest BCUT2D eigenvalue weighted by molar-refractivity contribution is -0.165. The number of unbranched alkanes of at least 4 members (excludes halogenated alkanes) is 1. The molecule has 5 atom stereocenters. The SMILES string of the molecule is CCCC[C@@]12CC3CC(C(=O)N[C@@H]4CN5CCC4CC5)(C1)C[C@](c1ccccc1)(C3)C2. The Bertz CT molecular complexity index is 831. The summed E-state index contributed by atoms with van der Waals surface area (Å²) in [5.41, 5.74) is 1.99. The summed E-state index contributed by atoms with van der Waals surface area (Å²) in [4.78, 5) is 16.7. The topological polar surface area (TPSA) is 32.3 Å². The van der Waals surface area contributed by atoms with Crippen LogP contribution in [0.4, 0.5) is 0 Å². The molecule has 3 saturated heterocycles. The standard InChI is InChI=1S/C28H40N2O/c1-2-3-11-26-14-21-15-27(18-26,23-7-5-4-6-8-23)20-28(16-21,19-26)25(31)29-24-17-30-12-9-22(24)10-13-30/h4-8,21-22,24H,2-3,9-20H2,1H3,(H,29,31)/t21?,24-,26+,27+,28?/m1/s1. The van der Waals surface area contributed by atoms with Crippen molar-refractivity contribution in [2.45, 2.75) is 89.0 Å². The van der Waals surface area contributed by atoms with Gasteiger partial charge in [0.1, 0.15) is 0 Å². The molecule has 3 heteroatoms. The number of benzene rings is 1. The average Bonchev–Trinajstić information content (AvgIpc) is 2.78. The molecule has 1 aromatic rings. The van der Waals surface area contributed by atoms with Gasteiger partial charge >= 0.3 is 0 Å². The van der Waals surface area contributed by atoms with E-state index in [9.17, 15) is 4.79 Å². The Hall–Kier alpha value is -1.35. The monoisotopic (exact) mass is 420 g/mol. The summed E-state index contributed by atoms with van der Waals surface area (Å²) in [6, 6.07) is 11.7. The van der Waals surface area contributed by atoms with Crippen LogP contribution in [0, 0.1) is 22.7 Å². The Labute approximate surface area is 188 Å². The van der Waals surface area contributed by atoms with E-state index in [1.54, 1.807) is 0 Å². The molecule has 3 heterocycles. The predicted octanol–water partition coefficient (Wildman–Crippen LogP) is 5.30. The van der Waals surface area contributed by atoms with Crippen LogP contribution in [-0.2, 0) is 10.2 Å². The van der Waals surface area contributed by atoms with Crippen molar-refractivity contribution in [1.82, 2.24) is 10.2 Å². The van der Waals surface area contributed by atoms with E-state index in [0.717, 1.165) is 31.7 Å². The van der Waals surface area contributed by atoms with E-state index in [1.807, 2.05) is 0 Å². The van der Waals surface area contributed by atoms with Crippen molar-refractivity contribution < 1.29 is 4.79 Å². The van der Waals surface area contributed by atoms with Crippen molar-refractivity contribution in [3.63, 3.8) is 0 Å². The maximum Gasteiger partial charge on any atom is 0.226 e. The second-order valence-electron chi connectivity index (χ2n) is 12.3. The molecule has 31 heavy (non-hydrogen) atoms. The summed E-state index contributed by atoms with van der Waals surface area (Å²) >= 11 is 0. The summed E-state index contributed by atoms with van der Waals surface area (Å²) < 4.78 is 0. The fraction of sp³-hybridized carbons (Fsp3) is 0.750. The third-order valence-corrected chi connectivity index (χ3v) is 10.1. The maximum absolute atomic E-state index is 14.1. The number of nitrogens with zero attached hydrogens (tertiary/aromatic N) is 1. The van der Waals surface area contributed by atoms with Crippen LogP contribution in [0.1, 0.15) is 83.1 Å². The van der Waals surface area contributed by atoms with E-state index >= 15 is 0 Å². The molecule has 1 amide bonds. The van der Waals surface area contributed by atoms with Gasteiger partial charge < -0.3 is 10.2 Å². The van der Waals surface area contributed by atoms with Crippen LogP contribution in [-0.4, -0.2) is 36.5 Å². The summed E-state index contributed by atoms with van der Waals surface area (Å²) in [6.07, 6.45) is 13.8. The van der Waals surface area contributed by atoms with Gasteiger partial charge in [-0.1, -0.05) is 50.1 Å². The van der Waals surface area contributed by atoms with Gasteiger partial charge in [0.25, 0.3) is 0 Å². The first-order chi connectivity index (χ1) is 15.0. The molecule has 7 fully saturated rings. The van der Waals surface area contributed by atoms with Crippen LogP contribution >= 0.6 is 0 Å². The summed E-state index contributed by atoms with van der Waals surface area (Å²) in [6.45, 7) is 5.88. The van der Waals surface area contributed by atoms with Gasteiger partial charge in [-0.25, -0.2) is 0 Å². The molecule has 0 radical (unpaired) electrons. The van der Waals surface area contributed by atoms with Crippen molar-refractivity contribution in [3.8, 4) is 0 Å². The second-order valence-corrected chi connectivity index (χ2v) is 12.3. The second kappa shape index (κ2) is 7.33. The van der Waals surface area contributed by atoms with Gasteiger partial charge in [-0.2, -0.15) is 0 Å². The molecule has 4 saturated carbocycles. The van der Waals surface area contributed by atoms with Crippen molar-refractivity contribution >= 4 is 5.91 Å². The largest absolute Gasteiger partial charge is 0.351 e. The highest BCUT2D eigenvalue weighted by Gasteiger charge is 2.65. The molecule has 6 bridgehead atoms. The van der Waals surface area contributed by atoms with Crippen molar-refractivity contribution in [2.24, 2.45) is 22.7 Å². The first-order valence-corrected chi connectivity index (χ1v) is 13.1. The zero-order valence-corrected chi connectivity index (χ0v) is 19.4. The van der Waals surface area contributed by atoms with E-state index < -0.39 is 0 Å². The molecular weight excluding hydrogens is 380 g/mol. The van der Waals surface area contributed by atoms with E-state index in [1.165, 1.54) is 70.0 Å². The normalized spacial score (nSPS) is 45.1. The minimum atomic E-state index is -0.130. The van der Waals surface area contributed by atoms with Gasteiger partial charge in [0.2, 0.25) is 5.91 Å². The first-order valence-electron chi connectivity index (χ1n) is 13.1. The third-order valence-electron chi connectivity index (χ3n) is 10.1. The summed E-state index contributed by atoms with van der Waals surface area (Å²) in [7, 11) is 0. The fourth-order valence-corrected chi connectivity index (χ4v) is 9.29. The Morgan fingerprint density at radius 2 is 1.87 bits per heavy atom. The van der Waals surface area contributed by atoms with Gasteiger partial charge in [0.05, 0.1) is 5.41 Å². The zero-order valence-electron chi connectivity index (χ0n) is 19.4. The molecule has 1 N–H and O–H groups in total. The Morgan fingerprint density at radius 1 is 1.06 bits per heavy atom. The smallest absolute Gasteiger partial charge is 0.226 e. The fourth-order valence-electron chi connectivity index (χ4n) is 9.29. The summed E-state index contributed by atoms with van der Waals surface area (Å²) in [5, 5.41) is 3.67. The Morgan fingerprint density at radius 3 is 2.58 bits per heavy atom. The van der Waals surface area contributed by atoms with Gasteiger partial charge in [-0.15, -0.1) is 0 Å². The van der Waals surface area contributed by atoms with E-state index in [-0.39, 0.29) is 10.8 Å². The van der Waals surface area contributed by atoms with E-state index in [4.69, 9.17) is 0 Å². The van der Waals surface area contributed by atoms with Crippen LogP contribution < -0.4 is 5.32 Å². The number of nitrogens with one attached hydrogen (secondary N) is 1. The van der Waals surface area contributed by atoms with Gasteiger partial charge in [0.15, 0.2) is 0 Å². The van der Waals surface area contributed by atoms with Gasteiger partial charge in [0, 0.05) is 12.6 Å².